The highest BCUT2D eigenvalue weighted by Crippen LogP contribution is 2.35. The molecule has 1 aliphatic carbocycles. The average molecular weight is 258 g/mol. The molecule has 2 nitrogen and oxygen atoms in total. The first-order valence-corrected chi connectivity index (χ1v) is 6.26. The monoisotopic (exact) mass is 258 g/mol. The van der Waals surface area contributed by atoms with Gasteiger partial charge in [0, 0.05) is 12.6 Å². The summed E-state index contributed by atoms with van der Waals surface area (Å²) in [6.45, 7) is 2.65. The molecule has 100 valence electrons. The van der Waals surface area contributed by atoms with Crippen molar-refractivity contribution in [3.63, 3.8) is 0 Å². The SMILES string of the molecule is CC1(CNc2nc(F)c(F)cc2F)CCCCC1. The minimum Gasteiger partial charge on any atom is -0.367 e. The molecule has 18 heavy (non-hydrogen) atoms. The first kappa shape index (κ1) is 13.2. The number of nitrogens with one attached hydrogen (secondary N) is 1. The van der Waals surface area contributed by atoms with Gasteiger partial charge in [0.05, 0.1) is 0 Å². The Morgan fingerprint density at radius 1 is 1.17 bits per heavy atom. The number of nitrogens with zero attached hydrogens (tertiary/aromatic N) is 1. The van der Waals surface area contributed by atoms with Crippen molar-refractivity contribution in [3.8, 4) is 0 Å². The van der Waals surface area contributed by atoms with Crippen molar-refractivity contribution < 1.29 is 13.2 Å². The molecule has 0 aromatic carbocycles. The maximum atomic E-state index is 13.4. The van der Waals surface area contributed by atoms with E-state index in [4.69, 9.17) is 0 Å². The lowest BCUT2D eigenvalue weighted by Crippen LogP contribution is -2.29. The van der Waals surface area contributed by atoms with E-state index < -0.39 is 17.6 Å². The fourth-order valence-corrected chi connectivity index (χ4v) is 2.45. The van der Waals surface area contributed by atoms with Crippen LogP contribution in [0.25, 0.3) is 0 Å². The first-order valence-electron chi connectivity index (χ1n) is 6.26. The second kappa shape index (κ2) is 5.16. The molecule has 1 heterocycles. The zero-order valence-corrected chi connectivity index (χ0v) is 10.4. The van der Waals surface area contributed by atoms with Gasteiger partial charge in [0.25, 0.3) is 5.95 Å². The van der Waals surface area contributed by atoms with Gasteiger partial charge in [-0.25, -0.2) is 8.78 Å². The number of hydrogen-bond donors (Lipinski definition) is 1. The second-order valence-electron chi connectivity index (χ2n) is 5.32. The second-order valence-corrected chi connectivity index (χ2v) is 5.32. The molecule has 2 rings (SSSR count). The van der Waals surface area contributed by atoms with E-state index in [2.05, 4.69) is 17.2 Å². The van der Waals surface area contributed by atoms with Crippen LogP contribution in [0.15, 0.2) is 6.07 Å². The molecular weight excluding hydrogens is 241 g/mol. The average Bonchev–Trinajstić information content (AvgIpc) is 2.33. The Kier molecular flexibility index (Phi) is 3.78. The molecule has 1 fully saturated rings. The largest absolute Gasteiger partial charge is 0.367 e. The Morgan fingerprint density at radius 3 is 2.50 bits per heavy atom. The van der Waals surface area contributed by atoms with Gasteiger partial charge >= 0.3 is 0 Å². The van der Waals surface area contributed by atoms with E-state index in [1.165, 1.54) is 6.42 Å². The van der Waals surface area contributed by atoms with Crippen LogP contribution in [0.4, 0.5) is 19.0 Å². The first-order chi connectivity index (χ1) is 8.50. The highest BCUT2D eigenvalue weighted by atomic mass is 19.2. The summed E-state index contributed by atoms with van der Waals surface area (Å²) in [5.41, 5.74) is 0.0806. The molecule has 0 spiro atoms. The van der Waals surface area contributed by atoms with Crippen LogP contribution >= 0.6 is 0 Å². The number of aromatic nitrogens is 1. The molecule has 5 heteroatoms. The molecule has 1 aromatic rings. The van der Waals surface area contributed by atoms with E-state index in [0.29, 0.717) is 12.6 Å². The Hall–Kier alpha value is -1.26. The van der Waals surface area contributed by atoms with E-state index in [1.54, 1.807) is 0 Å². The van der Waals surface area contributed by atoms with Gasteiger partial charge in [-0.1, -0.05) is 26.2 Å². The lowest BCUT2D eigenvalue weighted by molar-refractivity contribution is 0.233. The minimum absolute atomic E-state index is 0.0806. The highest BCUT2D eigenvalue weighted by molar-refractivity contribution is 5.36. The van der Waals surface area contributed by atoms with Gasteiger partial charge in [0.2, 0.25) is 0 Å². The van der Waals surface area contributed by atoms with Gasteiger partial charge in [-0.3, -0.25) is 0 Å². The topological polar surface area (TPSA) is 24.9 Å². The number of halogens is 3. The van der Waals surface area contributed by atoms with Crippen molar-refractivity contribution in [3.05, 3.63) is 23.6 Å². The third-order valence-electron chi connectivity index (χ3n) is 3.63. The van der Waals surface area contributed by atoms with Crippen LogP contribution in [-0.2, 0) is 0 Å². The lowest BCUT2D eigenvalue weighted by Gasteiger charge is -2.33. The Labute approximate surface area is 105 Å². The van der Waals surface area contributed by atoms with Crippen LogP contribution in [0.3, 0.4) is 0 Å². The van der Waals surface area contributed by atoms with E-state index in [1.807, 2.05) is 0 Å². The van der Waals surface area contributed by atoms with Crippen LogP contribution in [0, 0.1) is 23.0 Å². The normalized spacial score (nSPS) is 18.7. The van der Waals surface area contributed by atoms with E-state index >= 15 is 0 Å². The summed E-state index contributed by atoms with van der Waals surface area (Å²) >= 11 is 0. The van der Waals surface area contributed by atoms with Gasteiger partial charge in [-0.05, 0) is 18.3 Å². The zero-order valence-electron chi connectivity index (χ0n) is 10.4. The molecule has 1 aliphatic rings. The zero-order chi connectivity index (χ0) is 13.2. The summed E-state index contributed by atoms with van der Waals surface area (Å²) in [5, 5.41) is 2.80. The predicted octanol–water partition coefficient (Wildman–Crippen LogP) is 3.88. The van der Waals surface area contributed by atoms with Crippen molar-refractivity contribution in [1.29, 1.82) is 0 Å². The smallest absolute Gasteiger partial charge is 0.251 e. The van der Waals surface area contributed by atoms with E-state index in [-0.39, 0.29) is 11.2 Å². The van der Waals surface area contributed by atoms with Crippen molar-refractivity contribution in [2.45, 2.75) is 39.0 Å². The molecule has 0 unspecified atom stereocenters. The molecule has 0 aliphatic heterocycles. The molecule has 0 radical (unpaired) electrons. The van der Waals surface area contributed by atoms with Gasteiger partial charge in [-0.2, -0.15) is 9.37 Å². The lowest BCUT2D eigenvalue weighted by atomic mass is 9.76. The Bertz CT molecular complexity index is 428. The molecule has 1 aromatic heterocycles. The molecule has 0 saturated heterocycles. The van der Waals surface area contributed by atoms with Gasteiger partial charge < -0.3 is 5.32 Å². The number of pyridine rings is 1. The summed E-state index contributed by atoms with van der Waals surface area (Å²) in [6, 6.07) is 0.522. The molecular formula is C13H17F3N2. The van der Waals surface area contributed by atoms with Crippen LogP contribution in [0.5, 0.6) is 0 Å². The predicted molar refractivity (Wildman–Crippen MR) is 63.8 cm³/mol. The van der Waals surface area contributed by atoms with Crippen LogP contribution in [-0.4, -0.2) is 11.5 Å². The third kappa shape index (κ3) is 2.94. The van der Waals surface area contributed by atoms with Crippen molar-refractivity contribution >= 4 is 5.82 Å². The van der Waals surface area contributed by atoms with Crippen molar-refractivity contribution in [2.75, 3.05) is 11.9 Å². The standard InChI is InChI=1S/C13H17F3N2/c1-13(5-3-2-4-6-13)8-17-12-10(15)7-9(14)11(16)18-12/h7H,2-6,8H2,1H3,(H,17,18). The fraction of sp³-hybridized carbons (Fsp3) is 0.615. The Morgan fingerprint density at radius 2 is 1.83 bits per heavy atom. The molecule has 0 amide bonds. The molecule has 1 N–H and O–H groups in total. The third-order valence-corrected chi connectivity index (χ3v) is 3.63. The molecule has 0 atom stereocenters. The van der Waals surface area contributed by atoms with Crippen LogP contribution < -0.4 is 5.32 Å². The van der Waals surface area contributed by atoms with Crippen molar-refractivity contribution in [1.82, 2.24) is 4.98 Å². The van der Waals surface area contributed by atoms with E-state index in [0.717, 1.165) is 25.7 Å². The summed E-state index contributed by atoms with van der Waals surface area (Å²) in [6.07, 6.45) is 5.67. The maximum Gasteiger partial charge on any atom is 0.251 e. The van der Waals surface area contributed by atoms with Gasteiger partial charge in [-0.15, -0.1) is 0 Å². The summed E-state index contributed by atoms with van der Waals surface area (Å²) in [7, 11) is 0. The molecule has 0 bridgehead atoms. The molecule has 1 saturated carbocycles. The van der Waals surface area contributed by atoms with Gasteiger partial charge in [0.15, 0.2) is 17.5 Å². The number of hydrogen-bond acceptors (Lipinski definition) is 2. The number of anilines is 1. The Balaban J connectivity index is 2.03. The quantitative estimate of drug-likeness (QED) is 0.832. The fourth-order valence-electron chi connectivity index (χ4n) is 2.45. The van der Waals surface area contributed by atoms with Crippen LogP contribution in [0.1, 0.15) is 39.0 Å². The number of rotatable bonds is 3. The van der Waals surface area contributed by atoms with Crippen molar-refractivity contribution in [2.24, 2.45) is 5.41 Å². The van der Waals surface area contributed by atoms with Crippen LogP contribution in [0.2, 0.25) is 0 Å². The minimum atomic E-state index is -1.27. The van der Waals surface area contributed by atoms with E-state index in [9.17, 15) is 13.2 Å². The summed E-state index contributed by atoms with van der Waals surface area (Å²) in [4.78, 5) is 3.26. The van der Waals surface area contributed by atoms with Gasteiger partial charge in [0.1, 0.15) is 0 Å². The summed E-state index contributed by atoms with van der Waals surface area (Å²) in [5.74, 6) is -3.59. The highest BCUT2D eigenvalue weighted by Gasteiger charge is 2.27. The maximum absolute atomic E-state index is 13.4. The summed E-state index contributed by atoms with van der Waals surface area (Å²) < 4.78 is 39.0.